The number of fused-ring (bicyclic) bond motifs is 2. The molecule has 0 spiro atoms. The van der Waals surface area contributed by atoms with Gasteiger partial charge in [-0.1, -0.05) is 26.0 Å². The van der Waals surface area contributed by atoms with Gasteiger partial charge in [0, 0.05) is 34.2 Å². The van der Waals surface area contributed by atoms with Gasteiger partial charge in [-0.2, -0.15) is 11.8 Å². The third kappa shape index (κ3) is 4.40. The first-order valence-corrected chi connectivity index (χ1v) is 14.6. The molecule has 2 aromatic carbocycles. The molecular formula is C31H37N3S. The quantitative estimate of drug-likeness (QED) is 0.320. The molecule has 2 aliphatic rings. The molecule has 2 saturated heterocycles. The largest absolute Gasteiger partial charge is 0.354 e. The van der Waals surface area contributed by atoms with E-state index < -0.39 is 0 Å². The van der Waals surface area contributed by atoms with Crippen LogP contribution in [0.4, 0.5) is 0 Å². The number of thioether (sulfide) groups is 1. The van der Waals surface area contributed by atoms with Crippen LogP contribution in [0, 0.1) is 6.92 Å². The van der Waals surface area contributed by atoms with Crippen molar-refractivity contribution < 1.29 is 0 Å². The molecule has 4 aromatic rings. The van der Waals surface area contributed by atoms with E-state index >= 15 is 0 Å². The van der Waals surface area contributed by atoms with Crippen LogP contribution in [0.25, 0.3) is 33.1 Å². The van der Waals surface area contributed by atoms with Crippen LogP contribution in [0.1, 0.15) is 68.1 Å². The minimum atomic E-state index is 0.449. The van der Waals surface area contributed by atoms with Crippen molar-refractivity contribution in [3.8, 4) is 11.3 Å². The van der Waals surface area contributed by atoms with E-state index in [1.54, 1.807) is 0 Å². The summed E-state index contributed by atoms with van der Waals surface area (Å²) >= 11 is 2.13. The van der Waals surface area contributed by atoms with E-state index in [2.05, 4.69) is 83.8 Å². The fourth-order valence-corrected chi connectivity index (χ4v) is 7.56. The average molecular weight is 484 g/mol. The molecule has 0 aliphatic carbocycles. The van der Waals surface area contributed by atoms with E-state index in [4.69, 9.17) is 0 Å². The Morgan fingerprint density at radius 3 is 2.57 bits per heavy atom. The Balaban J connectivity index is 1.32. The topological polar surface area (TPSA) is 31.9 Å². The van der Waals surface area contributed by atoms with Crippen LogP contribution in [0.5, 0.6) is 0 Å². The smallest absolute Gasteiger partial charge is 0.0731 e. The summed E-state index contributed by atoms with van der Waals surface area (Å²) in [4.78, 5) is 11.2. The van der Waals surface area contributed by atoms with Crippen LogP contribution >= 0.6 is 11.8 Å². The maximum atomic E-state index is 4.60. The van der Waals surface area contributed by atoms with Gasteiger partial charge in [-0.05, 0) is 122 Å². The van der Waals surface area contributed by atoms with E-state index in [9.17, 15) is 0 Å². The van der Waals surface area contributed by atoms with Crippen molar-refractivity contribution >= 4 is 33.6 Å². The molecule has 0 radical (unpaired) electrons. The Morgan fingerprint density at radius 1 is 1.00 bits per heavy atom. The van der Waals surface area contributed by atoms with Gasteiger partial charge in [-0.15, -0.1) is 0 Å². The van der Waals surface area contributed by atoms with Crippen molar-refractivity contribution in [2.75, 3.05) is 24.6 Å². The van der Waals surface area contributed by atoms with Crippen LogP contribution in [0.2, 0.25) is 0 Å². The first kappa shape index (κ1) is 23.1. The number of H-pyrrole nitrogens is 1. The Bertz CT molecular complexity index is 1340. The standard InChI is InChI=1S/C31H37N3S/c1-20(2)29-27-19-23(22-8-13-34(14-9-22)26-10-15-35-16-11-26)6-7-28(27)33-31(29)25-17-21(3)30-24(18-25)5-4-12-32-30/h4-7,12,17-20,22,26,33H,8-11,13-16H2,1-3H3. The molecule has 6 rings (SSSR count). The Labute approximate surface area is 213 Å². The molecule has 4 heterocycles. The van der Waals surface area contributed by atoms with Gasteiger partial charge in [0.1, 0.15) is 0 Å². The van der Waals surface area contributed by atoms with Gasteiger partial charge in [0.15, 0.2) is 0 Å². The minimum Gasteiger partial charge on any atom is -0.354 e. The SMILES string of the molecule is Cc1cc(-c2[nH]c3ccc(C4CCN(C5CCSCC5)CC4)cc3c2C(C)C)cc2cccnc12. The van der Waals surface area contributed by atoms with Gasteiger partial charge >= 0.3 is 0 Å². The lowest BCUT2D eigenvalue weighted by Crippen LogP contribution is -2.42. The lowest BCUT2D eigenvalue weighted by atomic mass is 9.86. The third-order valence-electron chi connectivity index (χ3n) is 8.33. The second-order valence-electron chi connectivity index (χ2n) is 10.9. The molecule has 182 valence electrons. The molecule has 0 amide bonds. The number of aromatic nitrogens is 2. The normalized spacial score (nSPS) is 18.7. The molecule has 4 heteroatoms. The van der Waals surface area contributed by atoms with Crippen LogP contribution in [-0.2, 0) is 0 Å². The number of piperidine rings is 1. The van der Waals surface area contributed by atoms with Gasteiger partial charge in [-0.25, -0.2) is 0 Å². The molecule has 1 N–H and O–H groups in total. The minimum absolute atomic E-state index is 0.449. The highest BCUT2D eigenvalue weighted by Gasteiger charge is 2.27. The van der Waals surface area contributed by atoms with Crippen molar-refractivity contribution in [3.05, 3.63) is 65.4 Å². The van der Waals surface area contributed by atoms with Crippen LogP contribution in [0.3, 0.4) is 0 Å². The number of hydrogen-bond donors (Lipinski definition) is 1. The summed E-state index contributed by atoms with van der Waals surface area (Å²) in [6, 6.07) is 16.9. The Hall–Kier alpha value is -2.30. The highest BCUT2D eigenvalue weighted by molar-refractivity contribution is 7.99. The zero-order valence-corrected chi connectivity index (χ0v) is 22.1. The van der Waals surface area contributed by atoms with Crippen LogP contribution < -0.4 is 0 Å². The number of nitrogens with zero attached hydrogens (tertiary/aromatic N) is 2. The van der Waals surface area contributed by atoms with Gasteiger partial charge in [0.05, 0.1) is 5.52 Å². The summed E-state index contributed by atoms with van der Waals surface area (Å²) in [7, 11) is 0. The summed E-state index contributed by atoms with van der Waals surface area (Å²) in [6.07, 6.45) is 7.24. The first-order chi connectivity index (χ1) is 17.1. The lowest BCUT2D eigenvalue weighted by molar-refractivity contribution is 0.144. The highest BCUT2D eigenvalue weighted by Crippen LogP contribution is 2.39. The van der Waals surface area contributed by atoms with Crippen LogP contribution in [-0.4, -0.2) is 45.5 Å². The number of likely N-dealkylation sites (tertiary alicyclic amines) is 1. The summed E-state index contributed by atoms with van der Waals surface area (Å²) in [5.74, 6) is 3.83. The molecule has 3 nitrogen and oxygen atoms in total. The molecule has 0 atom stereocenters. The van der Waals surface area contributed by atoms with Crippen molar-refractivity contribution in [2.45, 2.75) is 64.3 Å². The molecular weight excluding hydrogens is 446 g/mol. The monoisotopic (exact) mass is 483 g/mol. The summed E-state index contributed by atoms with van der Waals surface area (Å²) in [6.45, 7) is 9.35. The Kier molecular flexibility index (Phi) is 6.36. The summed E-state index contributed by atoms with van der Waals surface area (Å²) in [5.41, 5.74) is 9.10. The van der Waals surface area contributed by atoms with Gasteiger partial charge in [0.25, 0.3) is 0 Å². The number of aromatic amines is 1. The predicted octanol–water partition coefficient (Wildman–Crippen LogP) is 7.89. The summed E-state index contributed by atoms with van der Waals surface area (Å²) < 4.78 is 0. The lowest BCUT2D eigenvalue weighted by Gasteiger charge is -2.39. The van der Waals surface area contributed by atoms with Crippen molar-refractivity contribution in [1.82, 2.24) is 14.9 Å². The molecule has 2 aromatic heterocycles. The fraction of sp³-hybridized carbons (Fsp3) is 0.452. The number of aryl methyl sites for hydroxylation is 1. The van der Waals surface area contributed by atoms with E-state index in [0.29, 0.717) is 11.8 Å². The first-order valence-electron chi connectivity index (χ1n) is 13.4. The molecule has 35 heavy (non-hydrogen) atoms. The van der Waals surface area contributed by atoms with E-state index in [1.165, 1.54) is 94.5 Å². The molecule has 0 bridgehead atoms. The zero-order chi connectivity index (χ0) is 23.9. The second kappa shape index (κ2) is 9.63. The van der Waals surface area contributed by atoms with Crippen molar-refractivity contribution in [3.63, 3.8) is 0 Å². The van der Waals surface area contributed by atoms with Gasteiger partial charge < -0.3 is 9.88 Å². The third-order valence-corrected chi connectivity index (χ3v) is 9.38. The number of pyridine rings is 1. The highest BCUT2D eigenvalue weighted by atomic mass is 32.2. The fourth-order valence-electron chi connectivity index (χ4n) is 6.48. The van der Waals surface area contributed by atoms with Gasteiger partial charge in [-0.3, -0.25) is 4.98 Å². The van der Waals surface area contributed by atoms with Crippen LogP contribution in [0.15, 0.2) is 48.7 Å². The molecule has 2 fully saturated rings. The molecule has 2 aliphatic heterocycles. The number of rotatable bonds is 4. The summed E-state index contributed by atoms with van der Waals surface area (Å²) in [5, 5.41) is 2.61. The van der Waals surface area contributed by atoms with E-state index in [-0.39, 0.29) is 0 Å². The zero-order valence-electron chi connectivity index (χ0n) is 21.3. The number of hydrogen-bond acceptors (Lipinski definition) is 3. The van der Waals surface area contributed by atoms with Crippen molar-refractivity contribution in [1.29, 1.82) is 0 Å². The second-order valence-corrected chi connectivity index (χ2v) is 12.1. The molecule has 0 saturated carbocycles. The van der Waals surface area contributed by atoms with E-state index in [1.807, 2.05) is 12.3 Å². The van der Waals surface area contributed by atoms with Gasteiger partial charge in [0.2, 0.25) is 0 Å². The maximum Gasteiger partial charge on any atom is 0.0731 e. The Morgan fingerprint density at radius 2 is 1.80 bits per heavy atom. The predicted molar refractivity (Wildman–Crippen MR) is 152 cm³/mol. The average Bonchev–Trinajstić information content (AvgIpc) is 3.29. The number of nitrogens with one attached hydrogen (secondary N) is 1. The van der Waals surface area contributed by atoms with E-state index in [0.717, 1.165) is 11.6 Å². The maximum absolute atomic E-state index is 4.60. The number of benzene rings is 2. The molecule has 0 unspecified atom stereocenters. The van der Waals surface area contributed by atoms with Crippen molar-refractivity contribution in [2.24, 2.45) is 0 Å².